The first-order valence-electron chi connectivity index (χ1n) is 5.50. The van der Waals surface area contributed by atoms with E-state index in [9.17, 15) is 9.18 Å². The fraction of sp³-hybridized carbons (Fsp3) is 0.417. The van der Waals surface area contributed by atoms with Gasteiger partial charge in [-0.25, -0.2) is 4.39 Å². The highest BCUT2D eigenvalue weighted by Crippen LogP contribution is 2.36. The maximum atomic E-state index is 13.2. The van der Waals surface area contributed by atoms with Crippen molar-refractivity contribution < 1.29 is 13.9 Å². The van der Waals surface area contributed by atoms with E-state index in [1.54, 1.807) is 0 Å². The largest absolute Gasteiger partial charge is 0.488 e. The lowest BCUT2D eigenvalue weighted by Crippen LogP contribution is -2.11. The number of hydrogen-bond donors (Lipinski definition) is 1. The molecular formula is C12H13ClFNO2. The van der Waals surface area contributed by atoms with E-state index in [1.165, 1.54) is 0 Å². The van der Waals surface area contributed by atoms with Gasteiger partial charge in [0.05, 0.1) is 16.7 Å². The van der Waals surface area contributed by atoms with Crippen LogP contribution in [0, 0.1) is 5.82 Å². The summed E-state index contributed by atoms with van der Waals surface area (Å²) in [7, 11) is 0. The van der Waals surface area contributed by atoms with Gasteiger partial charge in [0.15, 0.2) is 5.78 Å². The van der Waals surface area contributed by atoms with Crippen LogP contribution in [-0.4, -0.2) is 18.4 Å². The molecule has 0 spiro atoms. The summed E-state index contributed by atoms with van der Waals surface area (Å²) in [5.41, 5.74) is 5.51. The normalized spacial score (nSPS) is 14.8. The molecule has 1 aliphatic rings. The summed E-state index contributed by atoms with van der Waals surface area (Å²) in [4.78, 5) is 11.8. The Morgan fingerprint density at radius 2 is 2.24 bits per heavy atom. The van der Waals surface area contributed by atoms with Crippen LogP contribution in [-0.2, 0) is 0 Å². The number of rotatable bonds is 5. The van der Waals surface area contributed by atoms with Gasteiger partial charge in [0.1, 0.15) is 11.6 Å². The fourth-order valence-corrected chi connectivity index (χ4v) is 1.76. The van der Waals surface area contributed by atoms with Crippen LogP contribution >= 0.6 is 11.6 Å². The molecule has 5 heteroatoms. The summed E-state index contributed by atoms with van der Waals surface area (Å²) in [6, 6.07) is 2.31. The van der Waals surface area contributed by atoms with E-state index < -0.39 is 5.82 Å². The average molecular weight is 258 g/mol. The Morgan fingerprint density at radius 1 is 1.53 bits per heavy atom. The van der Waals surface area contributed by atoms with E-state index in [1.807, 2.05) is 0 Å². The maximum absolute atomic E-state index is 13.2. The molecule has 1 aromatic rings. The second kappa shape index (κ2) is 5.02. The van der Waals surface area contributed by atoms with Crippen LogP contribution in [0.1, 0.15) is 29.6 Å². The van der Waals surface area contributed by atoms with Gasteiger partial charge < -0.3 is 10.5 Å². The summed E-state index contributed by atoms with van der Waals surface area (Å²) in [5, 5.41) is 0.136. The molecule has 92 valence electrons. The van der Waals surface area contributed by atoms with Crippen molar-refractivity contribution in [3.8, 4) is 5.75 Å². The minimum Gasteiger partial charge on any atom is -0.488 e. The molecule has 1 aliphatic carbocycles. The predicted molar refractivity (Wildman–Crippen MR) is 63.1 cm³/mol. The molecule has 0 radical (unpaired) electrons. The first-order chi connectivity index (χ1) is 8.11. The van der Waals surface area contributed by atoms with Crippen molar-refractivity contribution in [2.45, 2.75) is 25.4 Å². The SMILES string of the molecule is NCCC(=O)c1cc(F)cc(Cl)c1OC1CC1. The van der Waals surface area contributed by atoms with Crippen LogP contribution in [0.3, 0.4) is 0 Å². The Labute approximate surface area is 104 Å². The number of carbonyl (C=O) groups is 1. The monoisotopic (exact) mass is 257 g/mol. The van der Waals surface area contributed by atoms with Gasteiger partial charge in [0.25, 0.3) is 0 Å². The van der Waals surface area contributed by atoms with Gasteiger partial charge >= 0.3 is 0 Å². The van der Waals surface area contributed by atoms with Crippen LogP contribution in [0.4, 0.5) is 4.39 Å². The minimum absolute atomic E-state index is 0.0994. The van der Waals surface area contributed by atoms with Crippen molar-refractivity contribution in [2.24, 2.45) is 5.73 Å². The van der Waals surface area contributed by atoms with E-state index in [-0.39, 0.29) is 41.2 Å². The highest BCUT2D eigenvalue weighted by molar-refractivity contribution is 6.32. The lowest BCUT2D eigenvalue weighted by Gasteiger charge is -2.12. The molecular weight excluding hydrogens is 245 g/mol. The van der Waals surface area contributed by atoms with Gasteiger partial charge in [-0.3, -0.25) is 4.79 Å². The second-order valence-corrected chi connectivity index (χ2v) is 4.45. The lowest BCUT2D eigenvalue weighted by molar-refractivity contribution is 0.0980. The molecule has 1 aromatic carbocycles. The summed E-state index contributed by atoms with van der Waals surface area (Å²) >= 11 is 5.90. The zero-order valence-corrected chi connectivity index (χ0v) is 9.97. The standard InChI is InChI=1S/C12H13ClFNO2/c13-10-6-7(14)5-9(11(16)3-4-15)12(10)17-8-1-2-8/h5-6,8H,1-4,15H2. The topological polar surface area (TPSA) is 52.3 Å². The van der Waals surface area contributed by atoms with Gasteiger partial charge in [-0.1, -0.05) is 11.6 Å². The zero-order chi connectivity index (χ0) is 12.4. The number of nitrogens with two attached hydrogens (primary N) is 1. The Balaban J connectivity index is 2.34. The molecule has 0 amide bonds. The molecule has 0 heterocycles. The average Bonchev–Trinajstić information content (AvgIpc) is 3.05. The highest BCUT2D eigenvalue weighted by atomic mass is 35.5. The van der Waals surface area contributed by atoms with Gasteiger partial charge in [0, 0.05) is 6.42 Å². The van der Waals surface area contributed by atoms with Crippen LogP contribution in [0.5, 0.6) is 5.75 Å². The highest BCUT2D eigenvalue weighted by Gasteiger charge is 2.27. The third-order valence-electron chi connectivity index (χ3n) is 2.49. The quantitative estimate of drug-likeness (QED) is 0.825. The summed E-state index contributed by atoms with van der Waals surface area (Å²) < 4.78 is 18.8. The fourth-order valence-electron chi connectivity index (χ4n) is 1.51. The molecule has 0 aliphatic heterocycles. The Morgan fingerprint density at radius 3 is 2.82 bits per heavy atom. The number of hydrogen-bond acceptors (Lipinski definition) is 3. The molecule has 0 atom stereocenters. The molecule has 3 nitrogen and oxygen atoms in total. The molecule has 0 saturated heterocycles. The van der Waals surface area contributed by atoms with Crippen molar-refractivity contribution in [3.05, 3.63) is 28.5 Å². The summed E-state index contributed by atoms with van der Waals surface area (Å²) in [6.45, 7) is 0.218. The lowest BCUT2D eigenvalue weighted by atomic mass is 10.1. The molecule has 0 bridgehead atoms. The molecule has 0 unspecified atom stereocenters. The van der Waals surface area contributed by atoms with E-state index in [0.29, 0.717) is 0 Å². The number of benzene rings is 1. The van der Waals surface area contributed by atoms with Crippen molar-refractivity contribution in [3.63, 3.8) is 0 Å². The summed E-state index contributed by atoms with van der Waals surface area (Å²) in [6.07, 6.45) is 2.14. The predicted octanol–water partition coefficient (Wildman–Crippen LogP) is 2.55. The van der Waals surface area contributed by atoms with Crippen molar-refractivity contribution >= 4 is 17.4 Å². The Kier molecular flexibility index (Phi) is 3.64. The van der Waals surface area contributed by atoms with E-state index in [0.717, 1.165) is 25.0 Å². The van der Waals surface area contributed by atoms with Crippen LogP contribution < -0.4 is 10.5 Å². The third-order valence-corrected chi connectivity index (χ3v) is 2.77. The first kappa shape index (κ1) is 12.3. The molecule has 17 heavy (non-hydrogen) atoms. The van der Waals surface area contributed by atoms with Gasteiger partial charge in [0.2, 0.25) is 0 Å². The van der Waals surface area contributed by atoms with Crippen molar-refractivity contribution in [1.29, 1.82) is 0 Å². The number of ether oxygens (including phenoxy) is 1. The Bertz CT molecular complexity index is 446. The summed E-state index contributed by atoms with van der Waals surface area (Å²) in [5.74, 6) is -0.503. The molecule has 1 fully saturated rings. The first-order valence-corrected chi connectivity index (χ1v) is 5.88. The number of carbonyl (C=O) groups excluding carboxylic acids is 1. The third kappa shape index (κ3) is 2.96. The van der Waals surface area contributed by atoms with E-state index in [4.69, 9.17) is 22.1 Å². The van der Waals surface area contributed by atoms with Crippen LogP contribution in [0.2, 0.25) is 5.02 Å². The second-order valence-electron chi connectivity index (χ2n) is 4.04. The molecule has 2 N–H and O–H groups in total. The minimum atomic E-state index is -0.543. The van der Waals surface area contributed by atoms with E-state index in [2.05, 4.69) is 0 Å². The number of ketones is 1. The molecule has 0 aromatic heterocycles. The Hall–Kier alpha value is -1.13. The molecule has 1 saturated carbocycles. The maximum Gasteiger partial charge on any atom is 0.168 e. The van der Waals surface area contributed by atoms with Crippen LogP contribution in [0.25, 0.3) is 0 Å². The van der Waals surface area contributed by atoms with Gasteiger partial charge in [-0.05, 0) is 31.5 Å². The smallest absolute Gasteiger partial charge is 0.168 e. The van der Waals surface area contributed by atoms with Crippen molar-refractivity contribution in [2.75, 3.05) is 6.54 Å². The van der Waals surface area contributed by atoms with Gasteiger partial charge in [-0.15, -0.1) is 0 Å². The van der Waals surface area contributed by atoms with Crippen LogP contribution in [0.15, 0.2) is 12.1 Å². The van der Waals surface area contributed by atoms with Gasteiger partial charge in [-0.2, -0.15) is 0 Å². The van der Waals surface area contributed by atoms with Crippen molar-refractivity contribution in [1.82, 2.24) is 0 Å². The van der Waals surface area contributed by atoms with E-state index >= 15 is 0 Å². The number of Topliss-reactive ketones (excluding diaryl/α,β-unsaturated/α-hetero) is 1. The number of halogens is 2. The zero-order valence-electron chi connectivity index (χ0n) is 9.21. The molecule has 2 rings (SSSR count).